The topological polar surface area (TPSA) is 29.3 Å². The van der Waals surface area contributed by atoms with Crippen molar-refractivity contribution in [3.05, 3.63) is 58.9 Å². The summed E-state index contributed by atoms with van der Waals surface area (Å²) in [6.07, 6.45) is 14.7. The second kappa shape index (κ2) is 7.79. The first-order valence-corrected chi connectivity index (χ1v) is 11.5. The van der Waals surface area contributed by atoms with Gasteiger partial charge in [-0.3, -0.25) is 4.40 Å². The van der Waals surface area contributed by atoms with Crippen molar-refractivity contribution in [2.75, 3.05) is 5.32 Å². The Labute approximate surface area is 175 Å². The van der Waals surface area contributed by atoms with Crippen molar-refractivity contribution in [2.24, 2.45) is 0 Å². The number of anilines is 1. The van der Waals surface area contributed by atoms with Gasteiger partial charge in [-0.15, -0.1) is 11.3 Å². The highest BCUT2D eigenvalue weighted by Gasteiger charge is 2.24. The van der Waals surface area contributed by atoms with Crippen LogP contribution in [0.2, 0.25) is 0 Å². The number of benzene rings is 1. The van der Waals surface area contributed by atoms with Crippen LogP contribution in [0.4, 0.5) is 10.2 Å². The van der Waals surface area contributed by atoms with E-state index in [4.69, 9.17) is 4.98 Å². The lowest BCUT2D eigenvalue weighted by Crippen LogP contribution is -2.23. The van der Waals surface area contributed by atoms with E-state index in [0.717, 1.165) is 47.7 Å². The van der Waals surface area contributed by atoms with E-state index in [9.17, 15) is 4.39 Å². The Kier molecular flexibility index (Phi) is 5.00. The summed E-state index contributed by atoms with van der Waals surface area (Å²) in [4.78, 5) is 5.82. The van der Waals surface area contributed by atoms with Crippen molar-refractivity contribution in [1.29, 1.82) is 0 Å². The van der Waals surface area contributed by atoms with Gasteiger partial charge in [-0.25, -0.2) is 9.37 Å². The van der Waals surface area contributed by atoms with Gasteiger partial charge in [0.05, 0.1) is 5.69 Å². The Morgan fingerprint density at radius 2 is 2.07 bits per heavy atom. The molecule has 0 saturated heterocycles. The van der Waals surface area contributed by atoms with Gasteiger partial charge < -0.3 is 5.32 Å². The summed E-state index contributed by atoms with van der Waals surface area (Å²) >= 11 is 1.63. The lowest BCUT2D eigenvalue weighted by Gasteiger charge is -2.24. The molecule has 0 amide bonds. The van der Waals surface area contributed by atoms with Gasteiger partial charge in [0.15, 0.2) is 4.96 Å². The van der Waals surface area contributed by atoms with Gasteiger partial charge in [0.2, 0.25) is 0 Å². The number of hydrogen-bond acceptors (Lipinski definition) is 3. The zero-order valence-corrected chi connectivity index (χ0v) is 17.6. The average molecular weight is 408 g/mol. The number of halogens is 1. The van der Waals surface area contributed by atoms with Crippen LogP contribution in [0.5, 0.6) is 0 Å². The first kappa shape index (κ1) is 18.6. The molecule has 0 aliphatic heterocycles. The molecule has 1 aromatic carbocycles. The fraction of sp³-hybridized carbons (Fsp3) is 0.375. The summed E-state index contributed by atoms with van der Waals surface area (Å²) in [5, 5.41) is 5.97. The SMILES string of the molecule is Cc1ccc(F)c(-c2nc3scc(C4=CC=CCC4)n3c2NC2CCCCC2)c1. The van der Waals surface area contributed by atoms with Gasteiger partial charge in [0.25, 0.3) is 0 Å². The van der Waals surface area contributed by atoms with Crippen molar-refractivity contribution in [1.82, 2.24) is 9.38 Å². The van der Waals surface area contributed by atoms with E-state index in [-0.39, 0.29) is 5.82 Å². The molecule has 2 aromatic heterocycles. The number of aromatic nitrogens is 2. The number of nitrogens with one attached hydrogen (secondary N) is 1. The van der Waals surface area contributed by atoms with E-state index in [0.29, 0.717) is 11.6 Å². The van der Waals surface area contributed by atoms with E-state index >= 15 is 0 Å². The Bertz CT molecular complexity index is 1100. The van der Waals surface area contributed by atoms with Crippen molar-refractivity contribution in [3.8, 4) is 11.3 Å². The van der Waals surface area contributed by atoms with Crippen LogP contribution in [0.25, 0.3) is 21.8 Å². The number of thiazole rings is 1. The van der Waals surface area contributed by atoms with Crippen molar-refractivity contribution >= 4 is 27.7 Å². The van der Waals surface area contributed by atoms with Crippen molar-refractivity contribution in [3.63, 3.8) is 0 Å². The Balaban J connectivity index is 1.68. The molecule has 2 aliphatic rings. The molecule has 1 saturated carbocycles. The Morgan fingerprint density at radius 1 is 1.21 bits per heavy atom. The van der Waals surface area contributed by atoms with Gasteiger partial charge in [0.1, 0.15) is 17.3 Å². The highest BCUT2D eigenvalue weighted by molar-refractivity contribution is 7.15. The maximum absolute atomic E-state index is 14.8. The van der Waals surface area contributed by atoms with Gasteiger partial charge in [-0.05, 0) is 50.3 Å². The van der Waals surface area contributed by atoms with Gasteiger partial charge in [-0.1, -0.05) is 49.1 Å². The van der Waals surface area contributed by atoms with E-state index in [1.807, 2.05) is 19.1 Å². The molecule has 5 rings (SSSR count). The van der Waals surface area contributed by atoms with E-state index in [1.54, 1.807) is 17.4 Å². The largest absolute Gasteiger partial charge is 0.367 e. The predicted molar refractivity (Wildman–Crippen MR) is 120 cm³/mol. The molecular formula is C24H26FN3S. The molecule has 3 nitrogen and oxygen atoms in total. The van der Waals surface area contributed by atoms with Crippen LogP contribution in [0.3, 0.4) is 0 Å². The zero-order chi connectivity index (χ0) is 19.8. The van der Waals surface area contributed by atoms with Crippen LogP contribution < -0.4 is 5.32 Å². The molecular weight excluding hydrogens is 381 g/mol. The normalized spacial score (nSPS) is 17.7. The minimum atomic E-state index is -0.214. The first-order valence-electron chi connectivity index (χ1n) is 10.6. The molecule has 150 valence electrons. The monoisotopic (exact) mass is 407 g/mol. The van der Waals surface area contributed by atoms with Gasteiger partial charge in [-0.2, -0.15) is 0 Å². The van der Waals surface area contributed by atoms with Crippen LogP contribution >= 0.6 is 11.3 Å². The van der Waals surface area contributed by atoms with Crippen LogP contribution in [0.1, 0.15) is 56.2 Å². The summed E-state index contributed by atoms with van der Waals surface area (Å²) in [5.74, 6) is 0.734. The third kappa shape index (κ3) is 3.52. The van der Waals surface area contributed by atoms with Crippen molar-refractivity contribution in [2.45, 2.75) is 57.9 Å². The highest BCUT2D eigenvalue weighted by Crippen LogP contribution is 2.38. The van der Waals surface area contributed by atoms with E-state index in [2.05, 4.69) is 33.3 Å². The number of aryl methyl sites for hydroxylation is 1. The lowest BCUT2D eigenvalue weighted by atomic mass is 9.95. The molecule has 0 radical (unpaired) electrons. The number of nitrogens with zero attached hydrogens (tertiary/aromatic N) is 2. The quantitative estimate of drug-likeness (QED) is 0.505. The number of fused-ring (bicyclic) bond motifs is 1. The maximum Gasteiger partial charge on any atom is 0.196 e. The number of allylic oxidation sites excluding steroid dienone is 4. The number of rotatable bonds is 4. The second-order valence-electron chi connectivity index (χ2n) is 8.17. The van der Waals surface area contributed by atoms with Crippen LogP contribution in [-0.2, 0) is 0 Å². The van der Waals surface area contributed by atoms with Crippen LogP contribution in [0, 0.1) is 12.7 Å². The molecule has 1 fully saturated rings. The molecule has 3 aromatic rings. The Morgan fingerprint density at radius 3 is 2.86 bits per heavy atom. The Hall–Kier alpha value is -2.40. The highest BCUT2D eigenvalue weighted by atomic mass is 32.1. The average Bonchev–Trinajstić information content (AvgIpc) is 3.31. The van der Waals surface area contributed by atoms with Crippen LogP contribution in [-0.4, -0.2) is 15.4 Å². The third-order valence-corrected chi connectivity index (χ3v) is 6.86. The molecule has 0 bridgehead atoms. The predicted octanol–water partition coefficient (Wildman–Crippen LogP) is 6.99. The van der Waals surface area contributed by atoms with E-state index in [1.165, 1.54) is 30.5 Å². The number of hydrogen-bond donors (Lipinski definition) is 1. The van der Waals surface area contributed by atoms with E-state index < -0.39 is 0 Å². The number of imidazole rings is 1. The third-order valence-electron chi connectivity index (χ3n) is 6.03. The maximum atomic E-state index is 14.8. The summed E-state index contributed by atoms with van der Waals surface area (Å²) in [5.41, 5.74) is 4.86. The molecule has 0 spiro atoms. The second-order valence-corrected chi connectivity index (χ2v) is 9.01. The smallest absolute Gasteiger partial charge is 0.196 e. The summed E-state index contributed by atoms with van der Waals surface area (Å²) < 4.78 is 17.0. The summed E-state index contributed by atoms with van der Waals surface area (Å²) in [6.45, 7) is 2.00. The van der Waals surface area contributed by atoms with Gasteiger partial charge in [0, 0.05) is 17.0 Å². The molecule has 0 atom stereocenters. The summed E-state index contributed by atoms with van der Waals surface area (Å²) in [6, 6.07) is 5.70. The molecule has 2 aliphatic carbocycles. The molecule has 1 N–H and O–H groups in total. The minimum absolute atomic E-state index is 0.214. The minimum Gasteiger partial charge on any atom is -0.367 e. The summed E-state index contributed by atoms with van der Waals surface area (Å²) in [7, 11) is 0. The standard InChI is InChI=1S/C24H26FN3S/c1-16-12-13-20(25)19(14-16)22-23(26-18-10-6-3-7-11-18)28-21(15-29-24(28)27-22)17-8-4-2-5-9-17/h2,4,8,12-15,18,26H,3,5-7,9-11H2,1H3. The first-order chi connectivity index (χ1) is 14.2. The molecule has 2 heterocycles. The fourth-order valence-electron chi connectivity index (χ4n) is 4.48. The van der Waals surface area contributed by atoms with Crippen molar-refractivity contribution < 1.29 is 4.39 Å². The van der Waals surface area contributed by atoms with Crippen LogP contribution in [0.15, 0.2) is 41.8 Å². The zero-order valence-electron chi connectivity index (χ0n) is 16.7. The van der Waals surface area contributed by atoms with Gasteiger partial charge >= 0.3 is 0 Å². The molecule has 0 unspecified atom stereocenters. The molecule has 29 heavy (non-hydrogen) atoms. The lowest BCUT2D eigenvalue weighted by molar-refractivity contribution is 0.461. The molecule has 5 heteroatoms. The fourth-order valence-corrected chi connectivity index (χ4v) is 5.39.